The Labute approximate surface area is 241 Å². The number of phenolic OH excluding ortho intramolecular Hbond substituents is 1. The highest BCUT2D eigenvalue weighted by Gasteiger charge is 2.49. The molecule has 2 aliphatic rings. The monoisotopic (exact) mass is 580 g/mol. The molecule has 2 fully saturated rings. The lowest BCUT2D eigenvalue weighted by Gasteiger charge is -2.30. The number of aromatic nitrogens is 2. The minimum Gasteiger partial charge on any atom is -0.508 e. The predicted molar refractivity (Wildman–Crippen MR) is 155 cm³/mol. The maximum absolute atomic E-state index is 15.1. The molecule has 4 aromatic rings. The van der Waals surface area contributed by atoms with Gasteiger partial charge in [0.1, 0.15) is 41.3 Å². The number of fused-ring (bicyclic) bond motifs is 3. The number of ether oxygens (including phenoxy) is 2. The van der Waals surface area contributed by atoms with Crippen molar-refractivity contribution in [3.63, 3.8) is 0 Å². The van der Waals surface area contributed by atoms with Crippen LogP contribution in [0.3, 0.4) is 0 Å². The van der Waals surface area contributed by atoms with Crippen LogP contribution in [0.15, 0.2) is 39.5 Å². The first-order valence-corrected chi connectivity index (χ1v) is 14.1. The van der Waals surface area contributed by atoms with Crippen molar-refractivity contribution in [1.29, 1.82) is 0 Å². The van der Waals surface area contributed by atoms with Crippen molar-refractivity contribution in [3.05, 3.63) is 52.1 Å². The second kappa shape index (κ2) is 10.5. The van der Waals surface area contributed by atoms with Gasteiger partial charge in [-0.1, -0.05) is 12.1 Å². The molecule has 2 aliphatic heterocycles. The number of nitrogens with zero attached hydrogens (tertiary/aromatic N) is 3. The Hall–Kier alpha value is -3.83. The minimum absolute atomic E-state index is 0.0235. The highest BCUT2D eigenvalue weighted by molar-refractivity contribution is 6.00. The molecule has 9 nitrogen and oxygen atoms in total. The van der Waals surface area contributed by atoms with Gasteiger partial charge in [0.25, 0.3) is 0 Å². The molecule has 42 heavy (non-hydrogen) atoms. The number of rotatable bonds is 8. The molecule has 2 aromatic carbocycles. The number of phenols is 1. The highest BCUT2D eigenvalue weighted by atomic mass is 19.1. The van der Waals surface area contributed by atoms with Crippen LogP contribution >= 0.6 is 0 Å². The number of aryl methyl sites for hydroxylation is 1. The van der Waals surface area contributed by atoms with Crippen LogP contribution in [0.25, 0.3) is 33.0 Å². The molecule has 222 valence electrons. The molecule has 6 rings (SSSR count). The molecule has 2 aromatic heterocycles. The Balaban J connectivity index is 1.50. The Kier molecular flexibility index (Phi) is 7.05. The van der Waals surface area contributed by atoms with Crippen molar-refractivity contribution < 1.29 is 27.8 Å². The average molecular weight is 581 g/mol. The maximum Gasteiger partial charge on any atom is 0.349 e. The lowest BCUT2D eigenvalue weighted by molar-refractivity contribution is 0.0343. The molecule has 2 N–H and O–H groups in total. The summed E-state index contributed by atoms with van der Waals surface area (Å²) in [5.74, 6) is -0.359. The van der Waals surface area contributed by atoms with E-state index in [0.717, 1.165) is 19.4 Å². The van der Waals surface area contributed by atoms with Crippen molar-refractivity contribution >= 4 is 27.5 Å². The summed E-state index contributed by atoms with van der Waals surface area (Å²) in [6.07, 6.45) is 1.26. The molecule has 0 radical (unpaired) electrons. The fourth-order valence-electron chi connectivity index (χ4n) is 6.24. The first-order valence-electron chi connectivity index (χ1n) is 14.1. The third-order valence-electron chi connectivity index (χ3n) is 8.60. The zero-order valence-electron chi connectivity index (χ0n) is 24.1. The summed E-state index contributed by atoms with van der Waals surface area (Å²) in [6, 6.07) is 7.35. The van der Waals surface area contributed by atoms with Gasteiger partial charge in [0.15, 0.2) is 0 Å². The van der Waals surface area contributed by atoms with Gasteiger partial charge in [0, 0.05) is 43.1 Å². The van der Waals surface area contributed by atoms with Crippen molar-refractivity contribution in [1.82, 2.24) is 14.9 Å². The van der Waals surface area contributed by atoms with Gasteiger partial charge in [-0.3, -0.25) is 4.90 Å². The highest BCUT2D eigenvalue weighted by Crippen LogP contribution is 2.41. The summed E-state index contributed by atoms with van der Waals surface area (Å²) in [7, 11) is 1.59. The first-order chi connectivity index (χ1) is 20.0. The second-order valence-corrected chi connectivity index (χ2v) is 11.9. The molecule has 0 aliphatic carbocycles. The number of halogens is 2. The van der Waals surface area contributed by atoms with Gasteiger partial charge < -0.3 is 24.3 Å². The van der Waals surface area contributed by atoms with E-state index in [1.807, 2.05) is 13.8 Å². The fourth-order valence-corrected chi connectivity index (χ4v) is 6.24. The number of aromatic hydroxyl groups is 1. The third-order valence-corrected chi connectivity index (χ3v) is 8.60. The summed E-state index contributed by atoms with van der Waals surface area (Å²) < 4.78 is 46.9. The van der Waals surface area contributed by atoms with Gasteiger partial charge in [-0.25, -0.2) is 13.6 Å². The van der Waals surface area contributed by atoms with E-state index < -0.39 is 28.8 Å². The van der Waals surface area contributed by atoms with Gasteiger partial charge in [0.05, 0.1) is 16.7 Å². The molecule has 0 bridgehead atoms. The van der Waals surface area contributed by atoms with Crippen LogP contribution in [0.4, 0.5) is 14.6 Å². The van der Waals surface area contributed by atoms with Crippen LogP contribution < -0.4 is 15.7 Å². The SMILES string of the molecule is COC(C)(C)CNc1nc(OC[C@@]23CCCN2C[C@H](F)C3)nc2c(C)c(-c3cc(O)cc4cccc(F)c34)oc(=O)c12. The summed E-state index contributed by atoms with van der Waals surface area (Å²) in [5.41, 5.74) is -0.833. The zero-order valence-corrected chi connectivity index (χ0v) is 24.1. The van der Waals surface area contributed by atoms with E-state index in [-0.39, 0.29) is 51.8 Å². The van der Waals surface area contributed by atoms with Crippen LogP contribution in [0.2, 0.25) is 0 Å². The lowest BCUT2D eigenvalue weighted by Crippen LogP contribution is -2.43. The Morgan fingerprint density at radius 1 is 1.26 bits per heavy atom. The van der Waals surface area contributed by atoms with Gasteiger partial charge in [-0.05, 0) is 63.7 Å². The van der Waals surface area contributed by atoms with E-state index in [4.69, 9.17) is 13.9 Å². The summed E-state index contributed by atoms with van der Waals surface area (Å²) in [5, 5.41) is 14.4. The fraction of sp³-hybridized carbons (Fsp3) is 0.452. The molecule has 0 amide bonds. The minimum atomic E-state index is -0.910. The molecule has 11 heteroatoms. The van der Waals surface area contributed by atoms with Crippen LogP contribution in [-0.4, -0.2) is 70.6 Å². The van der Waals surface area contributed by atoms with Gasteiger partial charge in [0.2, 0.25) is 0 Å². The first kappa shape index (κ1) is 28.3. The molecule has 0 unspecified atom stereocenters. The normalized spacial score (nSPS) is 20.9. The number of anilines is 1. The quantitative estimate of drug-likeness (QED) is 0.285. The number of alkyl halides is 1. The van der Waals surface area contributed by atoms with Crippen molar-refractivity contribution in [2.75, 3.05) is 38.7 Å². The van der Waals surface area contributed by atoms with Crippen molar-refractivity contribution in [2.24, 2.45) is 0 Å². The van der Waals surface area contributed by atoms with Gasteiger partial charge in [-0.15, -0.1) is 0 Å². The number of nitrogens with one attached hydrogen (secondary N) is 1. The number of hydrogen-bond donors (Lipinski definition) is 2. The Morgan fingerprint density at radius 2 is 2.07 bits per heavy atom. The molecular weight excluding hydrogens is 546 g/mol. The van der Waals surface area contributed by atoms with E-state index in [2.05, 4.69) is 20.2 Å². The van der Waals surface area contributed by atoms with E-state index >= 15 is 4.39 Å². The van der Waals surface area contributed by atoms with Gasteiger partial charge in [-0.2, -0.15) is 9.97 Å². The number of hydrogen-bond acceptors (Lipinski definition) is 9. The Morgan fingerprint density at radius 3 is 2.86 bits per heavy atom. The van der Waals surface area contributed by atoms with Crippen molar-refractivity contribution in [2.45, 2.75) is 57.3 Å². The number of methoxy groups -OCH3 is 1. The van der Waals surface area contributed by atoms with Crippen LogP contribution in [-0.2, 0) is 4.74 Å². The van der Waals surface area contributed by atoms with Gasteiger partial charge >= 0.3 is 11.6 Å². The maximum atomic E-state index is 15.1. The summed E-state index contributed by atoms with van der Waals surface area (Å²) >= 11 is 0. The van der Waals surface area contributed by atoms with E-state index in [9.17, 15) is 14.3 Å². The van der Waals surface area contributed by atoms with E-state index in [1.165, 1.54) is 18.2 Å². The van der Waals surface area contributed by atoms with E-state index in [0.29, 0.717) is 30.5 Å². The molecular formula is C31H34F2N4O5. The predicted octanol–water partition coefficient (Wildman–Crippen LogP) is 5.35. The van der Waals surface area contributed by atoms with Crippen LogP contribution in [0.1, 0.15) is 38.7 Å². The molecule has 2 atom stereocenters. The zero-order chi connectivity index (χ0) is 29.8. The van der Waals surface area contributed by atoms with Crippen LogP contribution in [0.5, 0.6) is 11.8 Å². The molecule has 0 saturated carbocycles. The molecule has 0 spiro atoms. The standard InChI is InChI=1S/C31H34F2N4O5/c1-17-25-24(28(39)42-26(17)21-12-20(38)11-18-7-5-8-22(33)23(18)21)27(34-15-30(2,3)40-4)36-29(35-25)41-16-31-9-6-10-37(31)14-19(32)13-31/h5,7-8,11-12,19,38H,6,9-10,13-16H2,1-4H3,(H,34,35,36)/t19-,31+/m1/s1. The molecule has 4 heterocycles. The van der Waals surface area contributed by atoms with Crippen molar-refractivity contribution in [3.8, 4) is 23.1 Å². The summed E-state index contributed by atoms with van der Waals surface area (Å²) in [4.78, 5) is 24.9. The Bertz CT molecular complexity index is 1740. The van der Waals surface area contributed by atoms with Crippen LogP contribution in [0, 0.1) is 12.7 Å². The smallest absolute Gasteiger partial charge is 0.349 e. The topological polar surface area (TPSA) is 110 Å². The summed E-state index contributed by atoms with van der Waals surface area (Å²) in [6.45, 7) is 7.19. The largest absolute Gasteiger partial charge is 0.508 e. The third kappa shape index (κ3) is 4.94. The number of benzene rings is 2. The average Bonchev–Trinajstić information content (AvgIpc) is 3.47. The second-order valence-electron chi connectivity index (χ2n) is 11.9. The van der Waals surface area contributed by atoms with E-state index in [1.54, 1.807) is 26.2 Å². The lowest BCUT2D eigenvalue weighted by atomic mass is 9.95. The molecule has 2 saturated heterocycles.